The van der Waals surface area contributed by atoms with Gasteiger partial charge in [-0.05, 0) is 25.1 Å². The smallest absolute Gasteiger partial charge is 0.212 e. The highest BCUT2D eigenvalue weighted by atomic mass is 79.9. The molecule has 1 aromatic heterocycles. The van der Waals surface area contributed by atoms with E-state index in [0.29, 0.717) is 5.58 Å². The number of nitrogens with zero attached hydrogens (tertiary/aromatic N) is 1. The van der Waals surface area contributed by atoms with Crippen molar-refractivity contribution < 1.29 is 9.21 Å². The number of aryl methyl sites for hydroxylation is 1. The summed E-state index contributed by atoms with van der Waals surface area (Å²) in [6.07, 6.45) is -0.151. The van der Waals surface area contributed by atoms with Gasteiger partial charge in [-0.25, -0.2) is 0 Å². The summed E-state index contributed by atoms with van der Waals surface area (Å²) in [4.78, 5) is 11.6. The maximum Gasteiger partial charge on any atom is 0.212 e. The number of nitriles is 1. The summed E-state index contributed by atoms with van der Waals surface area (Å²) in [7, 11) is 0. The Morgan fingerprint density at radius 3 is 3.00 bits per heavy atom. The van der Waals surface area contributed by atoms with Crippen LogP contribution in [0.15, 0.2) is 27.1 Å². The molecule has 2 rings (SSSR count). The Balaban J connectivity index is 2.61. The first-order valence-electron chi connectivity index (χ1n) is 4.72. The fourth-order valence-corrected chi connectivity index (χ4v) is 1.97. The number of halogens is 1. The van der Waals surface area contributed by atoms with Gasteiger partial charge in [0, 0.05) is 15.4 Å². The number of furan rings is 1. The third-order valence-electron chi connectivity index (χ3n) is 2.39. The average molecular weight is 278 g/mol. The van der Waals surface area contributed by atoms with Gasteiger partial charge in [0.1, 0.15) is 12.0 Å². The van der Waals surface area contributed by atoms with E-state index in [4.69, 9.17) is 9.68 Å². The molecular formula is C12H8BrNO2. The van der Waals surface area contributed by atoms with Crippen LogP contribution in [-0.4, -0.2) is 5.78 Å². The van der Waals surface area contributed by atoms with Crippen LogP contribution in [0.3, 0.4) is 0 Å². The monoisotopic (exact) mass is 277 g/mol. The van der Waals surface area contributed by atoms with Gasteiger partial charge in [-0.15, -0.1) is 0 Å². The van der Waals surface area contributed by atoms with Gasteiger partial charge in [0.05, 0.1) is 6.07 Å². The third-order valence-corrected chi connectivity index (χ3v) is 2.88. The molecule has 3 nitrogen and oxygen atoms in total. The van der Waals surface area contributed by atoms with Crippen LogP contribution in [0.5, 0.6) is 0 Å². The van der Waals surface area contributed by atoms with Crippen LogP contribution in [0.25, 0.3) is 11.0 Å². The predicted molar refractivity (Wildman–Crippen MR) is 63.2 cm³/mol. The molecule has 1 heterocycles. The topological polar surface area (TPSA) is 54.0 Å². The molecule has 0 saturated carbocycles. The third kappa shape index (κ3) is 1.74. The molecule has 0 aliphatic carbocycles. The summed E-state index contributed by atoms with van der Waals surface area (Å²) in [5, 5.41) is 9.39. The Bertz CT molecular complexity index is 607. The average Bonchev–Trinajstić information content (AvgIpc) is 2.57. The van der Waals surface area contributed by atoms with Crippen LogP contribution in [0.1, 0.15) is 22.5 Å². The minimum Gasteiger partial charge on any atom is -0.453 e. The lowest BCUT2D eigenvalue weighted by Crippen LogP contribution is -1.96. The van der Waals surface area contributed by atoms with Crippen LogP contribution < -0.4 is 0 Å². The number of carbonyl (C=O) groups excluding carboxylic acids is 1. The fourth-order valence-electron chi connectivity index (χ4n) is 1.61. The Morgan fingerprint density at radius 1 is 1.56 bits per heavy atom. The Hall–Kier alpha value is -1.60. The van der Waals surface area contributed by atoms with Crippen molar-refractivity contribution in [2.45, 2.75) is 13.3 Å². The molecule has 0 aliphatic heterocycles. The molecule has 4 heteroatoms. The van der Waals surface area contributed by atoms with Crippen molar-refractivity contribution in [1.29, 1.82) is 5.26 Å². The number of hydrogen-bond acceptors (Lipinski definition) is 3. The standard InChI is InChI=1S/C12H8BrNO2/c1-7-9-6-8(13)2-3-11(9)16-12(7)10(15)4-5-14/h2-3,6H,4H2,1H3. The quantitative estimate of drug-likeness (QED) is 0.788. The SMILES string of the molecule is Cc1c(C(=O)CC#N)oc2ccc(Br)cc12. The van der Waals surface area contributed by atoms with Gasteiger partial charge in [0.15, 0.2) is 5.76 Å². The molecule has 0 radical (unpaired) electrons. The summed E-state index contributed by atoms with van der Waals surface area (Å²) in [5.41, 5.74) is 1.46. The van der Waals surface area contributed by atoms with E-state index in [9.17, 15) is 4.79 Å². The van der Waals surface area contributed by atoms with E-state index in [0.717, 1.165) is 15.4 Å². The normalized spacial score (nSPS) is 10.3. The summed E-state index contributed by atoms with van der Waals surface area (Å²) >= 11 is 3.36. The first-order chi connectivity index (χ1) is 7.63. The first-order valence-corrected chi connectivity index (χ1v) is 5.51. The molecule has 0 amide bonds. The van der Waals surface area contributed by atoms with Crippen LogP contribution >= 0.6 is 15.9 Å². The number of ketones is 1. The second-order valence-electron chi connectivity index (χ2n) is 3.45. The fraction of sp³-hybridized carbons (Fsp3) is 0.167. The molecule has 0 spiro atoms. The predicted octanol–water partition coefficient (Wildman–Crippen LogP) is 3.60. The second-order valence-corrected chi connectivity index (χ2v) is 4.37. The van der Waals surface area contributed by atoms with Crippen LogP contribution in [0.4, 0.5) is 0 Å². The lowest BCUT2D eigenvalue weighted by Gasteiger charge is -1.91. The van der Waals surface area contributed by atoms with E-state index < -0.39 is 0 Å². The van der Waals surface area contributed by atoms with Crippen molar-refractivity contribution >= 4 is 32.7 Å². The van der Waals surface area contributed by atoms with E-state index in [2.05, 4.69) is 15.9 Å². The molecular weight excluding hydrogens is 270 g/mol. The number of fused-ring (bicyclic) bond motifs is 1. The number of hydrogen-bond donors (Lipinski definition) is 0. The minimum atomic E-state index is -0.271. The molecule has 16 heavy (non-hydrogen) atoms. The minimum absolute atomic E-state index is 0.151. The van der Waals surface area contributed by atoms with Gasteiger partial charge in [-0.2, -0.15) is 5.26 Å². The highest BCUT2D eigenvalue weighted by Crippen LogP contribution is 2.28. The van der Waals surface area contributed by atoms with Crippen molar-refractivity contribution in [3.05, 3.63) is 34.0 Å². The van der Waals surface area contributed by atoms with Gasteiger partial charge in [0.2, 0.25) is 5.78 Å². The van der Waals surface area contributed by atoms with E-state index >= 15 is 0 Å². The largest absolute Gasteiger partial charge is 0.453 e. The zero-order valence-corrected chi connectivity index (χ0v) is 10.2. The van der Waals surface area contributed by atoms with Gasteiger partial charge in [-0.1, -0.05) is 15.9 Å². The Labute approximate surface area is 101 Å². The number of rotatable bonds is 2. The van der Waals surface area contributed by atoms with Gasteiger partial charge in [-0.3, -0.25) is 4.79 Å². The second kappa shape index (κ2) is 4.11. The first kappa shape index (κ1) is 10.9. The van der Waals surface area contributed by atoms with Gasteiger partial charge in [0.25, 0.3) is 0 Å². The van der Waals surface area contributed by atoms with Crippen LogP contribution in [-0.2, 0) is 0 Å². The van der Waals surface area contributed by atoms with Crippen LogP contribution in [0.2, 0.25) is 0 Å². The van der Waals surface area contributed by atoms with Crippen molar-refractivity contribution in [1.82, 2.24) is 0 Å². The molecule has 0 saturated heterocycles. The van der Waals surface area contributed by atoms with Gasteiger partial charge < -0.3 is 4.42 Å². The molecule has 0 atom stereocenters. The van der Waals surface area contributed by atoms with E-state index in [1.165, 1.54) is 0 Å². The lowest BCUT2D eigenvalue weighted by atomic mass is 10.1. The van der Waals surface area contributed by atoms with E-state index in [1.54, 1.807) is 6.07 Å². The summed E-state index contributed by atoms with van der Waals surface area (Å²) in [5.74, 6) is 0.0157. The van der Waals surface area contributed by atoms with Crippen LogP contribution in [0, 0.1) is 18.3 Å². The molecule has 0 fully saturated rings. The Morgan fingerprint density at radius 2 is 2.31 bits per heavy atom. The molecule has 0 bridgehead atoms. The molecule has 80 valence electrons. The van der Waals surface area contributed by atoms with E-state index in [-0.39, 0.29) is 18.0 Å². The number of Topliss-reactive ketones (excluding diaryl/α,β-unsaturated/α-hetero) is 1. The Kier molecular flexibility index (Phi) is 2.80. The number of benzene rings is 1. The van der Waals surface area contributed by atoms with Crippen molar-refractivity contribution in [2.75, 3.05) is 0 Å². The molecule has 1 aromatic carbocycles. The lowest BCUT2D eigenvalue weighted by molar-refractivity contribution is 0.0972. The van der Waals surface area contributed by atoms with Crippen molar-refractivity contribution in [2.24, 2.45) is 0 Å². The zero-order valence-electron chi connectivity index (χ0n) is 8.58. The highest BCUT2D eigenvalue weighted by molar-refractivity contribution is 9.10. The summed E-state index contributed by atoms with van der Waals surface area (Å²) < 4.78 is 6.38. The molecule has 2 aromatic rings. The van der Waals surface area contributed by atoms with Crippen molar-refractivity contribution in [3.63, 3.8) is 0 Å². The summed E-state index contributed by atoms with van der Waals surface area (Å²) in [6.45, 7) is 1.82. The maximum atomic E-state index is 11.6. The number of carbonyl (C=O) groups is 1. The molecule has 0 aliphatic rings. The van der Waals surface area contributed by atoms with Crippen molar-refractivity contribution in [3.8, 4) is 6.07 Å². The van der Waals surface area contributed by atoms with Gasteiger partial charge >= 0.3 is 0 Å². The highest BCUT2D eigenvalue weighted by Gasteiger charge is 2.17. The molecule has 0 unspecified atom stereocenters. The summed E-state index contributed by atoms with van der Waals surface area (Å²) in [6, 6.07) is 7.38. The van der Waals surface area contributed by atoms with E-state index in [1.807, 2.05) is 25.1 Å². The zero-order chi connectivity index (χ0) is 11.7. The molecule has 0 N–H and O–H groups in total. The maximum absolute atomic E-state index is 11.6.